The number of hydrogen-bond acceptors (Lipinski definition) is 4. The lowest BCUT2D eigenvalue weighted by Crippen LogP contribution is -2.37. The van der Waals surface area contributed by atoms with E-state index < -0.39 is 23.4 Å². The zero-order valence-corrected chi connectivity index (χ0v) is 16.6. The third-order valence-electron chi connectivity index (χ3n) is 3.99. The third kappa shape index (κ3) is 5.43. The monoisotopic (exact) mass is 395 g/mol. The smallest absolute Gasteiger partial charge is 0.416 e. The molecule has 0 saturated carbocycles. The van der Waals surface area contributed by atoms with Crippen LogP contribution in [0.3, 0.4) is 0 Å². The van der Waals surface area contributed by atoms with Gasteiger partial charge in [0.1, 0.15) is 11.4 Å². The number of carbonyl (C=O) groups excluding carboxylic acids is 1. The zero-order chi connectivity index (χ0) is 21.1. The Bertz CT molecular complexity index is 845. The van der Waals surface area contributed by atoms with Crippen molar-refractivity contribution in [3.8, 4) is 0 Å². The summed E-state index contributed by atoms with van der Waals surface area (Å²) in [6, 6.07) is 4.31. The van der Waals surface area contributed by atoms with E-state index in [1.54, 1.807) is 33.8 Å². The molecule has 0 bridgehead atoms. The van der Waals surface area contributed by atoms with Crippen LogP contribution in [-0.2, 0) is 23.9 Å². The molecule has 2 heterocycles. The van der Waals surface area contributed by atoms with Crippen molar-refractivity contribution >= 4 is 11.9 Å². The number of alkyl halides is 3. The summed E-state index contributed by atoms with van der Waals surface area (Å²) in [6.07, 6.45) is -2.41. The minimum absolute atomic E-state index is 0.139. The van der Waals surface area contributed by atoms with Gasteiger partial charge in [0.05, 0.1) is 12.1 Å². The Morgan fingerprint density at radius 2 is 1.82 bits per heavy atom. The molecule has 0 aromatic carbocycles. The van der Waals surface area contributed by atoms with Crippen molar-refractivity contribution in [3.63, 3.8) is 0 Å². The number of aromatic nitrogens is 2. The quantitative estimate of drug-likeness (QED) is 0.704. The highest BCUT2D eigenvalue weighted by Crippen LogP contribution is 2.33. The van der Waals surface area contributed by atoms with Crippen LogP contribution in [0, 0.1) is 6.92 Å². The van der Waals surface area contributed by atoms with E-state index in [9.17, 15) is 18.0 Å². The van der Waals surface area contributed by atoms with Crippen LogP contribution in [0.25, 0.3) is 0 Å². The number of anilines is 1. The molecule has 0 saturated heterocycles. The van der Waals surface area contributed by atoms with Crippen molar-refractivity contribution in [2.75, 3.05) is 4.90 Å². The predicted octanol–water partition coefficient (Wildman–Crippen LogP) is 5.31. The van der Waals surface area contributed by atoms with Crippen LogP contribution in [0.5, 0.6) is 0 Å². The third-order valence-corrected chi connectivity index (χ3v) is 3.99. The number of hydrogen-bond donors (Lipinski definition) is 0. The van der Waals surface area contributed by atoms with Crippen LogP contribution in [0.4, 0.5) is 23.8 Å². The summed E-state index contributed by atoms with van der Waals surface area (Å²) in [5, 5.41) is 0. The first-order chi connectivity index (χ1) is 12.9. The van der Waals surface area contributed by atoms with Crippen molar-refractivity contribution < 1.29 is 22.7 Å². The topological polar surface area (TPSA) is 55.3 Å². The lowest BCUT2D eigenvalue weighted by molar-refractivity contribution is -0.138. The van der Waals surface area contributed by atoms with Gasteiger partial charge >= 0.3 is 12.3 Å². The Kier molecular flexibility index (Phi) is 6.31. The van der Waals surface area contributed by atoms with E-state index >= 15 is 0 Å². The van der Waals surface area contributed by atoms with Crippen LogP contribution in [0.15, 0.2) is 30.6 Å². The molecule has 2 aromatic rings. The molecular formula is C20H24F3N3O2. The average molecular weight is 395 g/mol. The van der Waals surface area contributed by atoms with Gasteiger partial charge in [-0.2, -0.15) is 13.2 Å². The highest BCUT2D eigenvalue weighted by Gasteiger charge is 2.35. The molecule has 0 unspecified atom stereocenters. The van der Waals surface area contributed by atoms with Crippen molar-refractivity contribution in [3.05, 3.63) is 53.0 Å². The minimum atomic E-state index is -4.56. The fourth-order valence-electron chi connectivity index (χ4n) is 2.66. The predicted molar refractivity (Wildman–Crippen MR) is 100 cm³/mol. The van der Waals surface area contributed by atoms with Crippen LogP contribution in [0.2, 0.25) is 0 Å². The van der Waals surface area contributed by atoms with E-state index in [0.29, 0.717) is 5.69 Å². The molecule has 5 nitrogen and oxygen atoms in total. The van der Waals surface area contributed by atoms with Crippen molar-refractivity contribution in [2.45, 2.75) is 59.4 Å². The maximum absolute atomic E-state index is 13.4. The average Bonchev–Trinajstić information content (AvgIpc) is 2.57. The molecule has 2 aromatic heterocycles. The van der Waals surface area contributed by atoms with Gasteiger partial charge in [-0.25, -0.2) is 9.78 Å². The van der Waals surface area contributed by atoms with Crippen molar-refractivity contribution in [1.29, 1.82) is 0 Å². The Labute approximate surface area is 162 Å². The molecule has 0 aliphatic rings. The van der Waals surface area contributed by atoms with Crippen molar-refractivity contribution in [1.82, 2.24) is 9.97 Å². The van der Waals surface area contributed by atoms with Gasteiger partial charge in [0.2, 0.25) is 0 Å². The summed E-state index contributed by atoms with van der Waals surface area (Å²) in [6.45, 7) is 8.46. The first-order valence-corrected chi connectivity index (χ1v) is 8.89. The highest BCUT2D eigenvalue weighted by atomic mass is 19.4. The number of ether oxygens (including phenoxy) is 1. The summed E-state index contributed by atoms with van der Waals surface area (Å²) < 4.78 is 45.5. The molecule has 0 aliphatic heterocycles. The lowest BCUT2D eigenvalue weighted by Gasteiger charge is -2.28. The van der Waals surface area contributed by atoms with Gasteiger partial charge in [0.25, 0.3) is 0 Å². The first kappa shape index (κ1) is 21.7. The SMILES string of the molecule is CCc1ccc(N(Cc2cnccc2C(F)(F)F)C(=O)OC(C)(C)C)nc1C. The van der Waals surface area contributed by atoms with Gasteiger partial charge in [-0.05, 0) is 51.8 Å². The molecule has 0 spiro atoms. The van der Waals surface area contributed by atoms with Gasteiger partial charge in [-0.1, -0.05) is 13.0 Å². The second-order valence-corrected chi connectivity index (χ2v) is 7.36. The molecule has 152 valence electrons. The number of aryl methyl sites for hydroxylation is 2. The first-order valence-electron chi connectivity index (χ1n) is 8.89. The molecule has 0 atom stereocenters. The molecule has 2 rings (SSSR count). The Balaban J connectivity index is 2.48. The van der Waals surface area contributed by atoms with Crippen LogP contribution >= 0.6 is 0 Å². The number of rotatable bonds is 4. The Hall–Kier alpha value is -2.64. The molecule has 0 fully saturated rings. The number of carbonyl (C=O) groups is 1. The molecule has 8 heteroatoms. The van der Waals surface area contributed by atoms with Crippen molar-refractivity contribution in [2.24, 2.45) is 0 Å². The van der Waals surface area contributed by atoms with E-state index in [4.69, 9.17) is 4.74 Å². The summed E-state index contributed by atoms with van der Waals surface area (Å²) in [7, 11) is 0. The number of halogens is 3. The van der Waals surface area contributed by atoms with Gasteiger partial charge in [-0.3, -0.25) is 9.88 Å². The molecule has 1 amide bonds. The number of amides is 1. The minimum Gasteiger partial charge on any atom is -0.443 e. The van der Waals surface area contributed by atoms with Crippen LogP contribution in [-0.4, -0.2) is 21.7 Å². The van der Waals surface area contributed by atoms with E-state index in [-0.39, 0.29) is 17.9 Å². The van der Waals surface area contributed by atoms with E-state index in [1.165, 1.54) is 0 Å². The van der Waals surface area contributed by atoms with Gasteiger partial charge in [0.15, 0.2) is 0 Å². The summed E-state index contributed by atoms with van der Waals surface area (Å²) in [4.78, 5) is 22.0. The maximum atomic E-state index is 13.4. The highest BCUT2D eigenvalue weighted by molar-refractivity contribution is 5.86. The zero-order valence-electron chi connectivity index (χ0n) is 16.6. The largest absolute Gasteiger partial charge is 0.443 e. The van der Waals surface area contributed by atoms with E-state index in [0.717, 1.165) is 35.3 Å². The van der Waals surface area contributed by atoms with Gasteiger partial charge in [-0.15, -0.1) is 0 Å². The molecule has 0 aliphatic carbocycles. The maximum Gasteiger partial charge on any atom is 0.416 e. The normalized spacial score (nSPS) is 12.0. The fraction of sp³-hybridized carbons (Fsp3) is 0.450. The van der Waals surface area contributed by atoms with Gasteiger partial charge < -0.3 is 4.74 Å². The van der Waals surface area contributed by atoms with E-state index in [2.05, 4.69) is 9.97 Å². The fourth-order valence-corrected chi connectivity index (χ4v) is 2.66. The van der Waals surface area contributed by atoms with Crippen LogP contribution in [0.1, 0.15) is 50.1 Å². The summed E-state index contributed by atoms with van der Waals surface area (Å²) in [5.74, 6) is 0.223. The Morgan fingerprint density at radius 3 is 2.36 bits per heavy atom. The molecular weight excluding hydrogens is 371 g/mol. The standard InChI is InChI=1S/C20H24F3N3O2/c1-6-14-7-8-17(25-13(14)2)26(18(27)28-19(3,4)5)12-15-11-24-10-9-16(15)20(21,22)23/h7-11H,6,12H2,1-5H3. The second-order valence-electron chi connectivity index (χ2n) is 7.36. The molecule has 0 N–H and O–H groups in total. The molecule has 0 radical (unpaired) electrons. The summed E-state index contributed by atoms with van der Waals surface area (Å²) in [5.41, 5.74) is -0.103. The van der Waals surface area contributed by atoms with Crippen LogP contribution < -0.4 is 4.90 Å². The Morgan fingerprint density at radius 1 is 1.14 bits per heavy atom. The van der Waals surface area contributed by atoms with E-state index in [1.807, 2.05) is 13.0 Å². The molecule has 28 heavy (non-hydrogen) atoms. The second kappa shape index (κ2) is 8.16. The number of nitrogens with zero attached hydrogens (tertiary/aromatic N) is 3. The lowest BCUT2D eigenvalue weighted by atomic mass is 10.1. The van der Waals surface area contributed by atoms with Gasteiger partial charge in [0, 0.05) is 23.7 Å². The summed E-state index contributed by atoms with van der Waals surface area (Å²) >= 11 is 0. The number of pyridine rings is 2.